The molecule has 0 unspecified atom stereocenters. The molecule has 1 atom stereocenters. The Balaban J connectivity index is 1.33. The summed E-state index contributed by atoms with van der Waals surface area (Å²) in [7, 11) is 0. The molecule has 4 rings (SSSR count). The van der Waals surface area contributed by atoms with Gasteiger partial charge in [-0.15, -0.1) is 10.2 Å². The Hall–Kier alpha value is -3.07. The molecule has 1 N–H and O–H groups in total. The molecule has 2 heterocycles. The second-order valence-electron chi connectivity index (χ2n) is 6.04. The summed E-state index contributed by atoms with van der Waals surface area (Å²) >= 11 is 1.09. The number of benzene rings is 2. The van der Waals surface area contributed by atoms with Crippen LogP contribution in [0.4, 0.5) is 4.39 Å². The molecular weight excluding hydrogens is 385 g/mol. The van der Waals surface area contributed by atoms with E-state index in [0.29, 0.717) is 11.5 Å². The van der Waals surface area contributed by atoms with E-state index in [-0.39, 0.29) is 41.2 Å². The van der Waals surface area contributed by atoms with Crippen LogP contribution in [-0.2, 0) is 4.79 Å². The average Bonchev–Trinajstić information content (AvgIpc) is 3.35. The van der Waals surface area contributed by atoms with Gasteiger partial charge < -0.3 is 19.2 Å². The number of amides is 1. The normalized spacial score (nSPS) is 13.4. The number of ether oxygens (including phenoxy) is 2. The van der Waals surface area contributed by atoms with Crippen LogP contribution in [0.15, 0.2) is 52.1 Å². The molecule has 2 aromatic carbocycles. The van der Waals surface area contributed by atoms with Gasteiger partial charge in [-0.2, -0.15) is 0 Å². The zero-order chi connectivity index (χ0) is 19.5. The molecule has 0 radical (unpaired) electrons. The van der Waals surface area contributed by atoms with Crippen LogP contribution in [0.25, 0.3) is 11.5 Å². The highest BCUT2D eigenvalue weighted by Gasteiger charge is 2.18. The van der Waals surface area contributed by atoms with Crippen molar-refractivity contribution in [2.24, 2.45) is 0 Å². The van der Waals surface area contributed by atoms with Gasteiger partial charge in [0.2, 0.25) is 12.7 Å². The van der Waals surface area contributed by atoms with Gasteiger partial charge in [0, 0.05) is 0 Å². The van der Waals surface area contributed by atoms with Crippen LogP contribution in [0.2, 0.25) is 0 Å². The first-order valence-corrected chi connectivity index (χ1v) is 9.49. The Morgan fingerprint density at radius 2 is 2.04 bits per heavy atom. The predicted molar refractivity (Wildman–Crippen MR) is 99.5 cm³/mol. The second-order valence-corrected chi connectivity index (χ2v) is 6.97. The average molecular weight is 401 g/mol. The van der Waals surface area contributed by atoms with Crippen molar-refractivity contribution in [3.8, 4) is 23.0 Å². The number of carbonyl (C=O) groups is 1. The Morgan fingerprint density at radius 1 is 1.21 bits per heavy atom. The molecule has 1 aromatic heterocycles. The van der Waals surface area contributed by atoms with Crippen molar-refractivity contribution < 1.29 is 23.1 Å². The van der Waals surface area contributed by atoms with Gasteiger partial charge in [0.15, 0.2) is 11.5 Å². The lowest BCUT2D eigenvalue weighted by atomic mass is 10.1. The topological polar surface area (TPSA) is 86.5 Å². The van der Waals surface area contributed by atoms with Crippen LogP contribution in [0.3, 0.4) is 0 Å². The largest absolute Gasteiger partial charge is 0.454 e. The maximum atomic E-state index is 13.8. The Labute approximate surface area is 164 Å². The molecule has 0 aliphatic carbocycles. The summed E-state index contributed by atoms with van der Waals surface area (Å²) in [4.78, 5) is 12.2. The molecule has 0 bridgehead atoms. The zero-order valence-electron chi connectivity index (χ0n) is 14.8. The lowest BCUT2D eigenvalue weighted by molar-refractivity contribution is -0.119. The minimum absolute atomic E-state index is 0.0785. The molecule has 1 amide bonds. The second kappa shape index (κ2) is 7.89. The number of hydrogen-bond donors (Lipinski definition) is 1. The highest BCUT2D eigenvalue weighted by molar-refractivity contribution is 7.99. The summed E-state index contributed by atoms with van der Waals surface area (Å²) < 4.78 is 29.8. The van der Waals surface area contributed by atoms with Crippen LogP contribution in [0.1, 0.15) is 18.5 Å². The molecule has 28 heavy (non-hydrogen) atoms. The van der Waals surface area contributed by atoms with Crippen LogP contribution >= 0.6 is 11.8 Å². The van der Waals surface area contributed by atoms with Crippen molar-refractivity contribution in [1.82, 2.24) is 15.5 Å². The van der Waals surface area contributed by atoms with E-state index in [1.165, 1.54) is 6.07 Å². The van der Waals surface area contributed by atoms with E-state index >= 15 is 0 Å². The standard InChI is InChI=1S/C19H16FN3O4S/c1-11(12-6-7-15-16(8-12)26-10-25-15)21-17(24)9-28-19-23-22-18(27-19)13-4-2-3-5-14(13)20/h2-8,11H,9-10H2,1H3,(H,21,24)/t11-/m1/s1. The Bertz CT molecular complexity index is 1010. The van der Waals surface area contributed by atoms with Gasteiger partial charge in [-0.1, -0.05) is 30.0 Å². The summed E-state index contributed by atoms with van der Waals surface area (Å²) in [6, 6.07) is 11.5. The predicted octanol–water partition coefficient (Wildman–Crippen LogP) is 3.57. The Kier molecular flexibility index (Phi) is 5.16. The van der Waals surface area contributed by atoms with Crippen molar-refractivity contribution in [3.63, 3.8) is 0 Å². The number of thioether (sulfide) groups is 1. The van der Waals surface area contributed by atoms with Gasteiger partial charge in [-0.05, 0) is 36.8 Å². The number of nitrogens with zero attached hydrogens (tertiary/aromatic N) is 2. The third-order valence-electron chi connectivity index (χ3n) is 4.11. The molecule has 144 valence electrons. The first-order chi connectivity index (χ1) is 13.6. The Morgan fingerprint density at radius 3 is 2.89 bits per heavy atom. The van der Waals surface area contributed by atoms with E-state index in [4.69, 9.17) is 13.9 Å². The summed E-state index contributed by atoms with van der Waals surface area (Å²) in [5, 5.41) is 10.8. The van der Waals surface area contributed by atoms with Crippen molar-refractivity contribution in [2.45, 2.75) is 18.2 Å². The SMILES string of the molecule is C[C@@H](NC(=O)CSc1nnc(-c2ccccc2F)o1)c1ccc2c(c1)OCO2. The molecule has 0 saturated heterocycles. The van der Waals surface area contributed by atoms with Crippen LogP contribution in [-0.4, -0.2) is 28.7 Å². The van der Waals surface area contributed by atoms with Crippen LogP contribution in [0.5, 0.6) is 11.5 Å². The molecule has 7 nitrogen and oxygen atoms in total. The van der Waals surface area contributed by atoms with Gasteiger partial charge in [-0.25, -0.2) is 4.39 Å². The maximum Gasteiger partial charge on any atom is 0.277 e. The molecule has 3 aromatic rings. The third kappa shape index (κ3) is 3.94. The van der Waals surface area contributed by atoms with E-state index in [9.17, 15) is 9.18 Å². The van der Waals surface area contributed by atoms with Gasteiger partial charge in [0.25, 0.3) is 11.1 Å². The molecule has 0 spiro atoms. The third-order valence-corrected chi connectivity index (χ3v) is 4.93. The van der Waals surface area contributed by atoms with E-state index in [1.807, 2.05) is 25.1 Å². The van der Waals surface area contributed by atoms with E-state index in [0.717, 1.165) is 17.3 Å². The lowest BCUT2D eigenvalue weighted by Crippen LogP contribution is -2.28. The lowest BCUT2D eigenvalue weighted by Gasteiger charge is -2.14. The maximum absolute atomic E-state index is 13.8. The minimum atomic E-state index is -0.446. The molecule has 1 aliphatic heterocycles. The summed E-state index contributed by atoms with van der Waals surface area (Å²) in [6.07, 6.45) is 0. The number of halogens is 1. The van der Waals surface area contributed by atoms with E-state index in [2.05, 4.69) is 15.5 Å². The monoisotopic (exact) mass is 401 g/mol. The zero-order valence-corrected chi connectivity index (χ0v) is 15.7. The van der Waals surface area contributed by atoms with Gasteiger partial charge in [-0.3, -0.25) is 4.79 Å². The number of hydrogen-bond acceptors (Lipinski definition) is 7. The van der Waals surface area contributed by atoms with Crippen LogP contribution in [0, 0.1) is 5.82 Å². The highest BCUT2D eigenvalue weighted by Crippen LogP contribution is 2.34. The number of rotatable bonds is 6. The molecular formula is C19H16FN3O4S. The summed E-state index contributed by atoms with van der Waals surface area (Å²) in [5.41, 5.74) is 1.13. The molecule has 0 fully saturated rings. The molecule has 1 aliphatic rings. The number of aromatic nitrogens is 2. The number of nitrogens with one attached hydrogen (secondary N) is 1. The van der Waals surface area contributed by atoms with Crippen molar-refractivity contribution in [1.29, 1.82) is 0 Å². The van der Waals surface area contributed by atoms with Crippen molar-refractivity contribution in [2.75, 3.05) is 12.5 Å². The van der Waals surface area contributed by atoms with Crippen LogP contribution < -0.4 is 14.8 Å². The van der Waals surface area contributed by atoms with Crippen molar-refractivity contribution in [3.05, 3.63) is 53.8 Å². The van der Waals surface area contributed by atoms with Gasteiger partial charge >= 0.3 is 0 Å². The first kappa shape index (κ1) is 18.3. The summed E-state index contributed by atoms with van der Waals surface area (Å²) in [5.74, 6) is 0.890. The summed E-state index contributed by atoms with van der Waals surface area (Å²) in [6.45, 7) is 2.08. The smallest absolute Gasteiger partial charge is 0.277 e. The highest BCUT2D eigenvalue weighted by atomic mass is 32.2. The minimum Gasteiger partial charge on any atom is -0.454 e. The fraction of sp³-hybridized carbons (Fsp3) is 0.211. The molecule has 9 heteroatoms. The molecule has 0 saturated carbocycles. The fourth-order valence-corrected chi connectivity index (χ4v) is 3.26. The first-order valence-electron chi connectivity index (χ1n) is 8.50. The van der Waals surface area contributed by atoms with E-state index < -0.39 is 5.82 Å². The van der Waals surface area contributed by atoms with E-state index in [1.54, 1.807) is 18.2 Å². The number of carbonyl (C=O) groups excluding carboxylic acids is 1. The van der Waals surface area contributed by atoms with Gasteiger partial charge in [0.1, 0.15) is 5.82 Å². The van der Waals surface area contributed by atoms with Gasteiger partial charge in [0.05, 0.1) is 17.4 Å². The fourth-order valence-electron chi connectivity index (χ4n) is 2.69. The quantitative estimate of drug-likeness (QED) is 0.632. The number of fused-ring (bicyclic) bond motifs is 1. The van der Waals surface area contributed by atoms with Crippen molar-refractivity contribution >= 4 is 17.7 Å².